The molecule has 1 aliphatic heterocycles. The lowest BCUT2D eigenvalue weighted by Crippen LogP contribution is -2.45. The molecule has 0 amide bonds. The number of furan rings is 1. The first-order valence-electron chi connectivity index (χ1n) is 7.22. The van der Waals surface area contributed by atoms with Crippen LogP contribution in [0.4, 0.5) is 5.13 Å². The van der Waals surface area contributed by atoms with Gasteiger partial charge >= 0.3 is 5.97 Å². The zero-order chi connectivity index (χ0) is 15.5. The van der Waals surface area contributed by atoms with E-state index in [2.05, 4.69) is 14.8 Å². The van der Waals surface area contributed by atoms with Crippen LogP contribution < -0.4 is 4.90 Å². The van der Waals surface area contributed by atoms with Gasteiger partial charge in [-0.3, -0.25) is 4.90 Å². The fourth-order valence-corrected chi connectivity index (χ4v) is 3.32. The highest BCUT2D eigenvalue weighted by Crippen LogP contribution is 2.21. The van der Waals surface area contributed by atoms with Crippen molar-refractivity contribution in [3.8, 4) is 0 Å². The summed E-state index contributed by atoms with van der Waals surface area (Å²) >= 11 is 1.67. The molecule has 1 aliphatic rings. The van der Waals surface area contributed by atoms with Gasteiger partial charge < -0.3 is 14.1 Å². The van der Waals surface area contributed by atoms with E-state index < -0.39 is 0 Å². The quantitative estimate of drug-likeness (QED) is 0.804. The van der Waals surface area contributed by atoms with Gasteiger partial charge in [-0.15, -0.1) is 11.3 Å². The van der Waals surface area contributed by atoms with Gasteiger partial charge in [-0.2, -0.15) is 0 Å². The first-order chi connectivity index (χ1) is 10.7. The number of carbonyl (C=O) groups excluding carboxylic acids is 1. The van der Waals surface area contributed by atoms with E-state index in [1.807, 2.05) is 11.6 Å². The van der Waals surface area contributed by atoms with E-state index in [1.165, 1.54) is 7.11 Å². The normalized spacial score (nSPS) is 16.0. The number of thiazole rings is 1. The first-order valence-corrected chi connectivity index (χ1v) is 8.10. The van der Waals surface area contributed by atoms with Gasteiger partial charge in [-0.1, -0.05) is 0 Å². The molecule has 6 nitrogen and oxygen atoms in total. The summed E-state index contributed by atoms with van der Waals surface area (Å²) in [4.78, 5) is 20.6. The highest BCUT2D eigenvalue weighted by molar-refractivity contribution is 7.13. The molecular formula is C15H19N3O3S. The minimum atomic E-state index is -0.346. The monoisotopic (exact) mass is 321 g/mol. The van der Waals surface area contributed by atoms with E-state index in [-0.39, 0.29) is 5.97 Å². The average Bonchev–Trinajstić information content (AvgIpc) is 3.17. The number of methoxy groups -OCH3 is 1. The van der Waals surface area contributed by atoms with Gasteiger partial charge in [0.25, 0.3) is 0 Å². The summed E-state index contributed by atoms with van der Waals surface area (Å²) in [7, 11) is 1.38. The van der Waals surface area contributed by atoms with Gasteiger partial charge in [-0.25, -0.2) is 9.78 Å². The molecule has 22 heavy (non-hydrogen) atoms. The van der Waals surface area contributed by atoms with Crippen LogP contribution in [0.5, 0.6) is 0 Å². The molecule has 0 bridgehead atoms. The second kappa shape index (κ2) is 6.50. The van der Waals surface area contributed by atoms with Crippen molar-refractivity contribution >= 4 is 22.4 Å². The summed E-state index contributed by atoms with van der Waals surface area (Å²) in [5.41, 5.74) is 0.513. The third-order valence-electron chi connectivity index (χ3n) is 3.82. The van der Waals surface area contributed by atoms with Gasteiger partial charge in [0.2, 0.25) is 0 Å². The minimum absolute atomic E-state index is 0.346. The number of esters is 1. The molecule has 0 aromatic carbocycles. The second-order valence-corrected chi connectivity index (χ2v) is 6.13. The molecule has 0 aliphatic carbocycles. The maximum Gasteiger partial charge on any atom is 0.341 e. The van der Waals surface area contributed by atoms with E-state index >= 15 is 0 Å². The van der Waals surface area contributed by atoms with Gasteiger partial charge in [0.05, 0.1) is 13.7 Å². The molecule has 3 rings (SSSR count). The molecule has 1 fully saturated rings. The van der Waals surface area contributed by atoms with Crippen LogP contribution in [0.1, 0.15) is 21.9 Å². The summed E-state index contributed by atoms with van der Waals surface area (Å²) in [5.74, 6) is 1.07. The highest BCUT2D eigenvalue weighted by Gasteiger charge is 2.21. The zero-order valence-corrected chi connectivity index (χ0v) is 13.6. The van der Waals surface area contributed by atoms with Crippen molar-refractivity contribution in [1.82, 2.24) is 9.88 Å². The van der Waals surface area contributed by atoms with E-state index in [0.29, 0.717) is 17.9 Å². The largest absolute Gasteiger partial charge is 0.465 e. The van der Waals surface area contributed by atoms with Crippen LogP contribution in [-0.2, 0) is 11.3 Å². The van der Waals surface area contributed by atoms with E-state index in [0.717, 1.165) is 37.1 Å². The fourth-order valence-electron chi connectivity index (χ4n) is 2.62. The number of aryl methyl sites for hydroxylation is 1. The summed E-state index contributed by atoms with van der Waals surface area (Å²) in [5, 5.41) is 3.09. The van der Waals surface area contributed by atoms with Crippen LogP contribution in [0.3, 0.4) is 0 Å². The number of hydrogen-bond donors (Lipinski definition) is 0. The van der Waals surface area contributed by atoms with Crippen LogP contribution in [0.25, 0.3) is 0 Å². The Hall–Kier alpha value is -1.86. The fraction of sp³-hybridized carbons (Fsp3) is 0.467. The molecule has 2 aromatic rings. The van der Waals surface area contributed by atoms with Crippen LogP contribution in [-0.4, -0.2) is 49.1 Å². The SMILES string of the molecule is COC(=O)c1cc(CN2CCN(c3nccs3)CC2)oc1C. The minimum Gasteiger partial charge on any atom is -0.465 e. The van der Waals surface area contributed by atoms with Crippen molar-refractivity contribution in [2.45, 2.75) is 13.5 Å². The van der Waals surface area contributed by atoms with Crippen LogP contribution in [0, 0.1) is 6.92 Å². The summed E-state index contributed by atoms with van der Waals surface area (Å²) < 4.78 is 10.4. The Labute approximate surface area is 133 Å². The maximum atomic E-state index is 11.6. The Kier molecular flexibility index (Phi) is 4.44. The molecular weight excluding hydrogens is 302 g/mol. The van der Waals surface area contributed by atoms with Crippen molar-refractivity contribution in [1.29, 1.82) is 0 Å². The Balaban J connectivity index is 1.58. The van der Waals surface area contributed by atoms with Crippen LogP contribution in [0.2, 0.25) is 0 Å². The molecule has 2 aromatic heterocycles. The third-order valence-corrected chi connectivity index (χ3v) is 4.65. The summed E-state index contributed by atoms with van der Waals surface area (Å²) in [6.07, 6.45) is 1.84. The van der Waals surface area contributed by atoms with Crippen LogP contribution in [0.15, 0.2) is 22.1 Å². The molecule has 0 atom stereocenters. The molecule has 0 N–H and O–H groups in total. The standard InChI is InChI=1S/C15H19N3O3S/c1-11-13(14(19)20-2)9-12(21-11)10-17-4-6-18(7-5-17)15-16-3-8-22-15/h3,8-9H,4-7,10H2,1-2H3. The molecule has 1 saturated heterocycles. The lowest BCUT2D eigenvalue weighted by molar-refractivity contribution is 0.0599. The first kappa shape index (κ1) is 15.1. The predicted octanol–water partition coefficient (Wildman–Crippen LogP) is 2.15. The highest BCUT2D eigenvalue weighted by atomic mass is 32.1. The van der Waals surface area contributed by atoms with Gasteiger partial charge in [0.1, 0.15) is 17.1 Å². The Bertz CT molecular complexity index is 631. The molecule has 0 saturated carbocycles. The average molecular weight is 321 g/mol. The molecule has 118 valence electrons. The van der Waals surface area contributed by atoms with E-state index in [4.69, 9.17) is 9.15 Å². The van der Waals surface area contributed by atoms with Crippen molar-refractivity contribution in [2.24, 2.45) is 0 Å². The van der Waals surface area contributed by atoms with Gasteiger partial charge in [0, 0.05) is 37.8 Å². The number of ether oxygens (including phenoxy) is 1. The number of carbonyl (C=O) groups is 1. The predicted molar refractivity (Wildman–Crippen MR) is 84.4 cm³/mol. The topological polar surface area (TPSA) is 58.8 Å². The van der Waals surface area contributed by atoms with Crippen molar-refractivity contribution in [3.05, 3.63) is 34.7 Å². The third kappa shape index (κ3) is 3.15. The van der Waals surface area contributed by atoms with Gasteiger partial charge in [-0.05, 0) is 13.0 Å². The number of aromatic nitrogens is 1. The smallest absolute Gasteiger partial charge is 0.341 e. The van der Waals surface area contributed by atoms with Gasteiger partial charge in [0.15, 0.2) is 5.13 Å². The van der Waals surface area contributed by atoms with Crippen LogP contribution >= 0.6 is 11.3 Å². The number of nitrogens with zero attached hydrogens (tertiary/aromatic N) is 3. The molecule has 7 heteroatoms. The lowest BCUT2D eigenvalue weighted by atomic mass is 10.2. The number of anilines is 1. The maximum absolute atomic E-state index is 11.6. The summed E-state index contributed by atoms with van der Waals surface area (Å²) in [6.45, 7) is 6.31. The zero-order valence-electron chi connectivity index (χ0n) is 12.7. The second-order valence-electron chi connectivity index (χ2n) is 5.25. The Morgan fingerprint density at radius 3 is 2.82 bits per heavy atom. The number of piperazine rings is 1. The Morgan fingerprint density at radius 2 is 2.18 bits per heavy atom. The molecule has 0 radical (unpaired) electrons. The van der Waals surface area contributed by atoms with E-state index in [9.17, 15) is 4.79 Å². The van der Waals surface area contributed by atoms with E-state index in [1.54, 1.807) is 24.3 Å². The van der Waals surface area contributed by atoms with Crippen molar-refractivity contribution in [3.63, 3.8) is 0 Å². The molecule has 0 spiro atoms. The van der Waals surface area contributed by atoms with Crippen molar-refractivity contribution < 1.29 is 13.9 Å². The molecule has 0 unspecified atom stereocenters. The number of hydrogen-bond acceptors (Lipinski definition) is 7. The summed E-state index contributed by atoms with van der Waals surface area (Å²) in [6, 6.07) is 1.79. The lowest BCUT2D eigenvalue weighted by Gasteiger charge is -2.34. The number of rotatable bonds is 4. The molecule has 3 heterocycles. The van der Waals surface area contributed by atoms with Crippen molar-refractivity contribution in [2.75, 3.05) is 38.2 Å². The Morgan fingerprint density at radius 1 is 1.41 bits per heavy atom.